The van der Waals surface area contributed by atoms with Gasteiger partial charge in [0.1, 0.15) is 5.75 Å². The van der Waals surface area contributed by atoms with Gasteiger partial charge < -0.3 is 19.9 Å². The second-order valence-electron chi connectivity index (χ2n) is 4.46. The zero-order valence-electron chi connectivity index (χ0n) is 10.9. The Labute approximate surface area is 118 Å². The van der Waals surface area contributed by atoms with E-state index in [1.807, 2.05) is 18.2 Å². The molecule has 0 saturated carbocycles. The summed E-state index contributed by atoms with van der Waals surface area (Å²) in [6.07, 6.45) is 2.48. The van der Waals surface area contributed by atoms with Crippen LogP contribution < -0.4 is 10.5 Å². The van der Waals surface area contributed by atoms with Gasteiger partial charge in [-0.3, -0.25) is 0 Å². The Bertz CT molecular complexity index is 394. The zero-order valence-corrected chi connectivity index (χ0v) is 11.7. The molecule has 1 aliphatic rings. The molecule has 2 rings (SSSR count). The zero-order chi connectivity index (χ0) is 13.5. The van der Waals surface area contributed by atoms with Crippen molar-refractivity contribution in [1.82, 2.24) is 0 Å². The van der Waals surface area contributed by atoms with Crippen LogP contribution in [0.4, 0.5) is 5.69 Å². The number of benzene rings is 1. The number of nitrogen functional groups attached to an aromatic ring is 1. The van der Waals surface area contributed by atoms with Gasteiger partial charge in [-0.15, -0.1) is 11.6 Å². The highest BCUT2D eigenvalue weighted by Gasteiger charge is 2.19. The van der Waals surface area contributed by atoms with Gasteiger partial charge in [-0.2, -0.15) is 0 Å². The summed E-state index contributed by atoms with van der Waals surface area (Å²) >= 11 is 5.61. The summed E-state index contributed by atoms with van der Waals surface area (Å²) in [4.78, 5) is 0. The highest BCUT2D eigenvalue weighted by atomic mass is 35.5. The predicted octanol–water partition coefficient (Wildman–Crippen LogP) is 3.10. The van der Waals surface area contributed by atoms with Gasteiger partial charge in [0.2, 0.25) is 0 Å². The fraction of sp³-hybridized carbons (Fsp3) is 0.571. The fourth-order valence-electron chi connectivity index (χ4n) is 1.91. The molecule has 1 aromatic carbocycles. The monoisotopic (exact) mass is 285 g/mol. The second-order valence-corrected chi connectivity index (χ2v) is 4.84. The Kier molecular flexibility index (Phi) is 5.76. The smallest absolute Gasteiger partial charge is 0.185 e. The van der Waals surface area contributed by atoms with Crippen molar-refractivity contribution in [2.45, 2.75) is 25.6 Å². The van der Waals surface area contributed by atoms with Gasteiger partial charge in [-0.1, -0.05) is 0 Å². The molecular formula is C14H20ClNO3. The maximum absolute atomic E-state index is 6.02. The first-order valence-electron chi connectivity index (χ1n) is 6.62. The van der Waals surface area contributed by atoms with E-state index in [2.05, 4.69) is 0 Å². The van der Waals surface area contributed by atoms with Crippen molar-refractivity contribution in [3.05, 3.63) is 23.8 Å². The molecule has 19 heavy (non-hydrogen) atoms. The van der Waals surface area contributed by atoms with E-state index >= 15 is 0 Å². The Morgan fingerprint density at radius 1 is 1.26 bits per heavy atom. The summed E-state index contributed by atoms with van der Waals surface area (Å²) in [7, 11) is 0. The minimum absolute atomic E-state index is 0.348. The SMILES string of the molecule is Nc1cc(OCCCCCl)ccc1C1OCCCO1. The number of ether oxygens (including phenoxy) is 3. The summed E-state index contributed by atoms with van der Waals surface area (Å²) in [6, 6.07) is 5.62. The molecule has 1 heterocycles. The standard InChI is InChI=1S/C14H20ClNO3/c15-6-1-2-7-17-11-4-5-12(13(16)10-11)14-18-8-3-9-19-14/h4-5,10,14H,1-3,6-9,16H2. The van der Waals surface area contributed by atoms with Gasteiger partial charge in [0.05, 0.1) is 19.8 Å². The molecule has 106 valence electrons. The normalized spacial score (nSPS) is 16.5. The number of alkyl halides is 1. The molecule has 0 unspecified atom stereocenters. The first kappa shape index (κ1) is 14.4. The van der Waals surface area contributed by atoms with E-state index in [0.29, 0.717) is 31.4 Å². The topological polar surface area (TPSA) is 53.7 Å². The number of nitrogens with two attached hydrogens (primary N) is 1. The molecule has 1 aliphatic heterocycles. The maximum Gasteiger partial charge on any atom is 0.185 e. The number of anilines is 1. The van der Waals surface area contributed by atoms with E-state index in [-0.39, 0.29) is 6.29 Å². The van der Waals surface area contributed by atoms with E-state index in [0.717, 1.165) is 30.6 Å². The first-order chi connectivity index (χ1) is 9.31. The van der Waals surface area contributed by atoms with E-state index in [1.165, 1.54) is 0 Å². The molecule has 0 aliphatic carbocycles. The lowest BCUT2D eigenvalue weighted by Gasteiger charge is -2.24. The van der Waals surface area contributed by atoms with E-state index < -0.39 is 0 Å². The van der Waals surface area contributed by atoms with Gasteiger partial charge in [-0.25, -0.2) is 0 Å². The van der Waals surface area contributed by atoms with E-state index in [9.17, 15) is 0 Å². The molecule has 1 saturated heterocycles. The molecule has 0 aromatic heterocycles. The Balaban J connectivity index is 1.92. The number of unbranched alkanes of at least 4 members (excludes halogenated alkanes) is 1. The second kappa shape index (κ2) is 7.58. The van der Waals surface area contributed by atoms with Crippen LogP contribution in [0.15, 0.2) is 18.2 Å². The van der Waals surface area contributed by atoms with Crippen molar-refractivity contribution in [3.63, 3.8) is 0 Å². The number of rotatable bonds is 6. The van der Waals surface area contributed by atoms with Gasteiger partial charge >= 0.3 is 0 Å². The van der Waals surface area contributed by atoms with E-state index in [4.69, 9.17) is 31.5 Å². The lowest BCUT2D eigenvalue weighted by atomic mass is 10.1. The molecule has 0 spiro atoms. The van der Waals surface area contributed by atoms with Gasteiger partial charge in [0.15, 0.2) is 6.29 Å². The van der Waals surface area contributed by atoms with Crippen LogP contribution in [-0.2, 0) is 9.47 Å². The quantitative estimate of drug-likeness (QED) is 0.496. The molecule has 0 atom stereocenters. The summed E-state index contributed by atoms with van der Waals surface area (Å²) in [6.45, 7) is 2.07. The number of halogens is 1. The molecule has 2 N–H and O–H groups in total. The van der Waals surface area contributed by atoms with Crippen molar-refractivity contribution in [1.29, 1.82) is 0 Å². The summed E-state index contributed by atoms with van der Waals surface area (Å²) in [5.41, 5.74) is 7.53. The minimum atomic E-state index is -0.348. The molecule has 5 heteroatoms. The Morgan fingerprint density at radius 3 is 2.74 bits per heavy atom. The summed E-state index contributed by atoms with van der Waals surface area (Å²) < 4.78 is 16.7. The molecule has 1 aromatic rings. The van der Waals surface area contributed by atoms with Crippen LogP contribution in [0.2, 0.25) is 0 Å². The van der Waals surface area contributed by atoms with Crippen molar-refractivity contribution in [2.75, 3.05) is 31.4 Å². The molecular weight excluding hydrogens is 266 g/mol. The number of hydrogen-bond acceptors (Lipinski definition) is 4. The third-order valence-corrected chi connectivity index (χ3v) is 3.20. The Hall–Kier alpha value is -0.970. The molecule has 4 nitrogen and oxygen atoms in total. The van der Waals surface area contributed by atoms with Gasteiger partial charge in [0, 0.05) is 23.2 Å². The molecule has 1 fully saturated rings. The average Bonchev–Trinajstić information content (AvgIpc) is 2.45. The van der Waals surface area contributed by atoms with Gasteiger partial charge in [-0.05, 0) is 31.4 Å². The minimum Gasteiger partial charge on any atom is -0.494 e. The van der Waals surface area contributed by atoms with Crippen LogP contribution >= 0.6 is 11.6 Å². The Morgan fingerprint density at radius 2 is 2.05 bits per heavy atom. The van der Waals surface area contributed by atoms with Crippen LogP contribution in [0.25, 0.3) is 0 Å². The van der Waals surface area contributed by atoms with Gasteiger partial charge in [0.25, 0.3) is 0 Å². The highest BCUT2D eigenvalue weighted by molar-refractivity contribution is 6.17. The maximum atomic E-state index is 6.02. The predicted molar refractivity (Wildman–Crippen MR) is 75.6 cm³/mol. The van der Waals surface area contributed by atoms with E-state index in [1.54, 1.807) is 0 Å². The van der Waals surface area contributed by atoms with Crippen molar-refractivity contribution < 1.29 is 14.2 Å². The third kappa shape index (κ3) is 4.27. The molecule has 0 amide bonds. The largest absolute Gasteiger partial charge is 0.494 e. The van der Waals surface area contributed by atoms with Crippen LogP contribution in [0, 0.1) is 0 Å². The lowest BCUT2D eigenvalue weighted by molar-refractivity contribution is -0.182. The number of hydrogen-bond donors (Lipinski definition) is 1. The molecule has 0 radical (unpaired) electrons. The third-order valence-electron chi connectivity index (χ3n) is 2.94. The molecule has 0 bridgehead atoms. The lowest BCUT2D eigenvalue weighted by Crippen LogP contribution is -2.18. The highest BCUT2D eigenvalue weighted by Crippen LogP contribution is 2.30. The summed E-state index contributed by atoms with van der Waals surface area (Å²) in [5.74, 6) is 1.44. The fourth-order valence-corrected chi connectivity index (χ4v) is 2.10. The average molecular weight is 286 g/mol. The summed E-state index contributed by atoms with van der Waals surface area (Å²) in [5, 5.41) is 0. The van der Waals surface area contributed by atoms with Crippen LogP contribution in [0.1, 0.15) is 31.1 Å². The first-order valence-corrected chi connectivity index (χ1v) is 7.16. The van der Waals surface area contributed by atoms with Crippen LogP contribution in [-0.4, -0.2) is 25.7 Å². The van der Waals surface area contributed by atoms with Crippen molar-refractivity contribution >= 4 is 17.3 Å². The van der Waals surface area contributed by atoms with Crippen LogP contribution in [0.5, 0.6) is 5.75 Å². The van der Waals surface area contributed by atoms with Crippen molar-refractivity contribution in [3.8, 4) is 5.75 Å². The van der Waals surface area contributed by atoms with Crippen molar-refractivity contribution in [2.24, 2.45) is 0 Å². The van der Waals surface area contributed by atoms with Crippen LogP contribution in [0.3, 0.4) is 0 Å².